The summed E-state index contributed by atoms with van der Waals surface area (Å²) in [5.41, 5.74) is 8.75. The number of anilines is 1. The van der Waals surface area contributed by atoms with Gasteiger partial charge in [-0.15, -0.1) is 0 Å². The largest absolute Gasteiger partial charge is 0.489 e. The van der Waals surface area contributed by atoms with Crippen molar-refractivity contribution in [3.8, 4) is 5.75 Å². The van der Waals surface area contributed by atoms with Crippen LogP contribution in [0.25, 0.3) is 0 Å². The van der Waals surface area contributed by atoms with E-state index in [1.54, 1.807) is 0 Å². The summed E-state index contributed by atoms with van der Waals surface area (Å²) in [4.78, 5) is 0. The lowest BCUT2D eigenvalue weighted by molar-refractivity contribution is 0.306. The summed E-state index contributed by atoms with van der Waals surface area (Å²) in [6.45, 7) is 2.57. The van der Waals surface area contributed by atoms with Crippen LogP contribution in [0.3, 0.4) is 0 Å². The van der Waals surface area contributed by atoms with Gasteiger partial charge in [0.05, 0.1) is 0 Å². The monoisotopic (exact) mass is 291 g/mol. The van der Waals surface area contributed by atoms with Crippen molar-refractivity contribution in [2.45, 2.75) is 13.5 Å². The molecule has 0 spiro atoms. The molecule has 0 atom stereocenters. The highest BCUT2D eigenvalue weighted by atomic mass is 79.9. The Morgan fingerprint density at radius 1 is 1.18 bits per heavy atom. The molecule has 0 aromatic heterocycles. The quantitative estimate of drug-likeness (QED) is 0.870. The minimum absolute atomic E-state index is 0.521. The third kappa shape index (κ3) is 3.49. The Bertz CT molecular complexity index is 505. The second kappa shape index (κ2) is 5.23. The maximum atomic E-state index is 5.77. The zero-order valence-electron chi connectivity index (χ0n) is 9.61. The van der Waals surface area contributed by atoms with Crippen LogP contribution in [0.2, 0.25) is 0 Å². The summed E-state index contributed by atoms with van der Waals surface area (Å²) in [7, 11) is 0. The molecule has 2 nitrogen and oxygen atoms in total. The smallest absolute Gasteiger partial charge is 0.120 e. The number of nitrogens with two attached hydrogens (primary N) is 1. The number of hydrogen-bond donors (Lipinski definition) is 1. The predicted molar refractivity (Wildman–Crippen MR) is 74.1 cm³/mol. The fourth-order valence-electron chi connectivity index (χ4n) is 1.63. The molecule has 0 unspecified atom stereocenters. The zero-order chi connectivity index (χ0) is 12.3. The molecule has 17 heavy (non-hydrogen) atoms. The van der Waals surface area contributed by atoms with Crippen LogP contribution in [0.4, 0.5) is 5.69 Å². The van der Waals surface area contributed by atoms with E-state index < -0.39 is 0 Å². The fraction of sp³-hybridized carbons (Fsp3) is 0.143. The first-order valence-electron chi connectivity index (χ1n) is 5.38. The van der Waals surface area contributed by atoms with Crippen LogP contribution in [0.1, 0.15) is 11.1 Å². The summed E-state index contributed by atoms with van der Waals surface area (Å²) < 4.78 is 6.68. The number of rotatable bonds is 3. The van der Waals surface area contributed by atoms with Crippen molar-refractivity contribution in [2.75, 3.05) is 5.73 Å². The molecule has 0 fully saturated rings. The number of hydrogen-bond acceptors (Lipinski definition) is 2. The standard InChI is InChI=1S/C14H14BrNO/c1-10-3-2-4-14(5-10)17-9-11-6-12(15)8-13(16)7-11/h2-8H,9,16H2,1H3. The van der Waals surface area contributed by atoms with E-state index in [2.05, 4.69) is 15.9 Å². The molecule has 0 heterocycles. The molecule has 0 bridgehead atoms. The van der Waals surface area contributed by atoms with Gasteiger partial charge in [0.25, 0.3) is 0 Å². The first-order chi connectivity index (χ1) is 8.13. The molecule has 2 aromatic carbocycles. The van der Waals surface area contributed by atoms with Crippen molar-refractivity contribution >= 4 is 21.6 Å². The number of halogens is 1. The van der Waals surface area contributed by atoms with Crippen molar-refractivity contribution in [1.29, 1.82) is 0 Å². The van der Waals surface area contributed by atoms with E-state index in [0.29, 0.717) is 6.61 Å². The van der Waals surface area contributed by atoms with Crippen LogP contribution >= 0.6 is 15.9 Å². The molecule has 0 aliphatic rings. The van der Waals surface area contributed by atoms with Crippen molar-refractivity contribution in [2.24, 2.45) is 0 Å². The maximum absolute atomic E-state index is 5.77. The topological polar surface area (TPSA) is 35.2 Å². The number of benzene rings is 2. The van der Waals surface area contributed by atoms with Gasteiger partial charge in [-0.2, -0.15) is 0 Å². The molecular weight excluding hydrogens is 278 g/mol. The number of aryl methyl sites for hydroxylation is 1. The van der Waals surface area contributed by atoms with E-state index in [1.807, 2.05) is 49.4 Å². The second-order valence-corrected chi connectivity index (χ2v) is 4.91. The molecular formula is C14H14BrNO. The van der Waals surface area contributed by atoms with E-state index in [9.17, 15) is 0 Å². The van der Waals surface area contributed by atoms with E-state index in [1.165, 1.54) is 5.56 Å². The molecule has 88 valence electrons. The van der Waals surface area contributed by atoms with Gasteiger partial charge in [-0.05, 0) is 48.4 Å². The lowest BCUT2D eigenvalue weighted by atomic mass is 10.2. The summed E-state index contributed by atoms with van der Waals surface area (Å²) in [5.74, 6) is 0.878. The molecule has 2 N–H and O–H groups in total. The average Bonchev–Trinajstić information content (AvgIpc) is 2.25. The van der Waals surface area contributed by atoms with Crippen LogP contribution in [-0.2, 0) is 6.61 Å². The van der Waals surface area contributed by atoms with Gasteiger partial charge < -0.3 is 10.5 Å². The molecule has 2 aromatic rings. The van der Waals surface area contributed by atoms with Gasteiger partial charge >= 0.3 is 0 Å². The summed E-state index contributed by atoms with van der Waals surface area (Å²) >= 11 is 3.42. The van der Waals surface area contributed by atoms with Gasteiger partial charge in [0.1, 0.15) is 12.4 Å². The normalized spacial score (nSPS) is 10.2. The first kappa shape index (κ1) is 12.0. The van der Waals surface area contributed by atoms with Crippen LogP contribution < -0.4 is 10.5 Å². The molecule has 0 aliphatic heterocycles. The Hall–Kier alpha value is -1.48. The van der Waals surface area contributed by atoms with Crippen LogP contribution in [0, 0.1) is 6.92 Å². The molecule has 0 saturated carbocycles. The predicted octanol–water partition coefficient (Wildman–Crippen LogP) is 3.92. The van der Waals surface area contributed by atoms with Crippen molar-refractivity contribution in [1.82, 2.24) is 0 Å². The Labute approximate surface area is 110 Å². The van der Waals surface area contributed by atoms with Gasteiger partial charge in [-0.3, -0.25) is 0 Å². The number of ether oxygens (including phenoxy) is 1. The highest BCUT2D eigenvalue weighted by Gasteiger charge is 1.99. The van der Waals surface area contributed by atoms with Crippen LogP contribution in [-0.4, -0.2) is 0 Å². The fourth-order valence-corrected chi connectivity index (χ4v) is 2.19. The van der Waals surface area contributed by atoms with E-state index in [4.69, 9.17) is 10.5 Å². The third-order valence-corrected chi connectivity index (χ3v) is 2.83. The Kier molecular flexibility index (Phi) is 3.69. The van der Waals surface area contributed by atoms with Gasteiger partial charge in [-0.25, -0.2) is 0 Å². The van der Waals surface area contributed by atoms with Crippen LogP contribution in [0.15, 0.2) is 46.9 Å². The van der Waals surface area contributed by atoms with Crippen molar-refractivity contribution in [3.05, 3.63) is 58.1 Å². The summed E-state index contributed by atoms with van der Waals surface area (Å²) in [5, 5.41) is 0. The Balaban J connectivity index is 2.07. The molecule has 2 rings (SSSR count). The highest BCUT2D eigenvalue weighted by molar-refractivity contribution is 9.10. The lowest BCUT2D eigenvalue weighted by Crippen LogP contribution is -1.97. The van der Waals surface area contributed by atoms with E-state index >= 15 is 0 Å². The lowest BCUT2D eigenvalue weighted by Gasteiger charge is -2.08. The highest BCUT2D eigenvalue weighted by Crippen LogP contribution is 2.19. The Morgan fingerprint density at radius 3 is 2.71 bits per heavy atom. The minimum Gasteiger partial charge on any atom is -0.489 e. The molecule has 0 aliphatic carbocycles. The van der Waals surface area contributed by atoms with Crippen molar-refractivity contribution < 1.29 is 4.74 Å². The van der Waals surface area contributed by atoms with Gasteiger partial charge in [0.2, 0.25) is 0 Å². The maximum Gasteiger partial charge on any atom is 0.120 e. The molecule has 0 saturated heterocycles. The second-order valence-electron chi connectivity index (χ2n) is 4.00. The molecule has 0 amide bonds. The van der Waals surface area contributed by atoms with Gasteiger partial charge in [-0.1, -0.05) is 28.1 Å². The van der Waals surface area contributed by atoms with Gasteiger partial charge in [0, 0.05) is 10.2 Å². The third-order valence-electron chi connectivity index (χ3n) is 2.37. The first-order valence-corrected chi connectivity index (χ1v) is 6.17. The average molecular weight is 292 g/mol. The number of nitrogen functional groups attached to an aromatic ring is 1. The van der Waals surface area contributed by atoms with Crippen LogP contribution in [0.5, 0.6) is 5.75 Å². The molecule has 0 radical (unpaired) electrons. The van der Waals surface area contributed by atoms with Gasteiger partial charge in [0.15, 0.2) is 0 Å². The van der Waals surface area contributed by atoms with Crippen molar-refractivity contribution in [3.63, 3.8) is 0 Å². The van der Waals surface area contributed by atoms with E-state index in [0.717, 1.165) is 21.5 Å². The zero-order valence-corrected chi connectivity index (χ0v) is 11.2. The SMILES string of the molecule is Cc1cccc(OCc2cc(N)cc(Br)c2)c1. The molecule has 3 heteroatoms. The summed E-state index contributed by atoms with van der Waals surface area (Å²) in [6, 6.07) is 13.8. The summed E-state index contributed by atoms with van der Waals surface area (Å²) in [6.07, 6.45) is 0. The Morgan fingerprint density at radius 2 is 2.00 bits per heavy atom. The minimum atomic E-state index is 0.521. The van der Waals surface area contributed by atoms with E-state index in [-0.39, 0.29) is 0 Å².